The molecule has 1 aromatic carbocycles. The fourth-order valence-electron chi connectivity index (χ4n) is 2.94. The van der Waals surface area contributed by atoms with Gasteiger partial charge < -0.3 is 5.32 Å². The number of benzene rings is 1. The van der Waals surface area contributed by atoms with E-state index in [1.165, 1.54) is 44.1 Å². The summed E-state index contributed by atoms with van der Waals surface area (Å²) in [6.45, 7) is 0. The molecular formula is C15H21BrClN. The highest BCUT2D eigenvalue weighted by molar-refractivity contribution is 9.10. The average molecular weight is 331 g/mol. The van der Waals surface area contributed by atoms with E-state index in [1.54, 1.807) is 0 Å². The van der Waals surface area contributed by atoms with E-state index >= 15 is 0 Å². The van der Waals surface area contributed by atoms with E-state index < -0.39 is 0 Å². The number of hydrogen-bond acceptors (Lipinski definition) is 1. The van der Waals surface area contributed by atoms with Crippen LogP contribution in [0.15, 0.2) is 22.7 Å². The molecule has 0 radical (unpaired) electrons. The van der Waals surface area contributed by atoms with Crippen molar-refractivity contribution < 1.29 is 0 Å². The first-order chi connectivity index (χ1) is 8.70. The van der Waals surface area contributed by atoms with Gasteiger partial charge in [-0.15, -0.1) is 0 Å². The van der Waals surface area contributed by atoms with Crippen molar-refractivity contribution in [2.75, 3.05) is 7.05 Å². The van der Waals surface area contributed by atoms with Crippen LogP contribution >= 0.6 is 27.5 Å². The van der Waals surface area contributed by atoms with Crippen molar-refractivity contribution in [3.8, 4) is 0 Å². The number of hydrogen-bond donors (Lipinski definition) is 1. The molecule has 1 aliphatic carbocycles. The monoisotopic (exact) mass is 329 g/mol. The SMILES string of the molecule is CNC(CC1CCCCC1)c1ccc(Br)cc1Cl. The van der Waals surface area contributed by atoms with Gasteiger partial charge >= 0.3 is 0 Å². The normalized spacial score (nSPS) is 18.8. The van der Waals surface area contributed by atoms with Gasteiger partial charge in [-0.05, 0) is 37.1 Å². The Balaban J connectivity index is 2.07. The molecule has 1 N–H and O–H groups in total. The minimum Gasteiger partial charge on any atom is -0.313 e. The average Bonchev–Trinajstić information content (AvgIpc) is 2.38. The van der Waals surface area contributed by atoms with E-state index in [-0.39, 0.29) is 0 Å². The maximum absolute atomic E-state index is 6.35. The molecule has 0 bridgehead atoms. The molecule has 18 heavy (non-hydrogen) atoms. The van der Waals surface area contributed by atoms with Crippen LogP contribution in [0.1, 0.15) is 50.1 Å². The van der Waals surface area contributed by atoms with Crippen molar-refractivity contribution in [3.63, 3.8) is 0 Å². The lowest BCUT2D eigenvalue weighted by molar-refractivity contribution is 0.306. The third-order valence-electron chi connectivity index (χ3n) is 3.98. The minimum atomic E-state index is 0.383. The zero-order valence-corrected chi connectivity index (χ0v) is 13.2. The first-order valence-corrected chi connectivity index (χ1v) is 8.00. The smallest absolute Gasteiger partial charge is 0.0465 e. The Kier molecular flexibility index (Phi) is 5.53. The Bertz CT molecular complexity index is 388. The second kappa shape index (κ2) is 6.93. The van der Waals surface area contributed by atoms with Crippen LogP contribution in [-0.4, -0.2) is 7.05 Å². The van der Waals surface area contributed by atoms with Gasteiger partial charge in [0.1, 0.15) is 0 Å². The van der Waals surface area contributed by atoms with E-state index in [9.17, 15) is 0 Å². The molecular weight excluding hydrogens is 310 g/mol. The zero-order valence-electron chi connectivity index (χ0n) is 10.9. The summed E-state index contributed by atoms with van der Waals surface area (Å²) in [5.74, 6) is 0.857. The lowest BCUT2D eigenvalue weighted by Gasteiger charge is -2.27. The largest absolute Gasteiger partial charge is 0.313 e. The summed E-state index contributed by atoms with van der Waals surface area (Å²) < 4.78 is 1.05. The quantitative estimate of drug-likeness (QED) is 0.786. The van der Waals surface area contributed by atoms with Crippen molar-refractivity contribution in [1.29, 1.82) is 0 Å². The number of nitrogens with one attached hydrogen (secondary N) is 1. The lowest BCUT2D eigenvalue weighted by atomic mass is 9.83. The van der Waals surface area contributed by atoms with Gasteiger partial charge in [0.2, 0.25) is 0 Å². The Labute approximate surface area is 123 Å². The van der Waals surface area contributed by atoms with E-state index in [2.05, 4.69) is 33.4 Å². The van der Waals surface area contributed by atoms with Crippen molar-refractivity contribution >= 4 is 27.5 Å². The molecule has 1 aromatic rings. The van der Waals surface area contributed by atoms with E-state index in [0.29, 0.717) is 6.04 Å². The highest BCUT2D eigenvalue weighted by atomic mass is 79.9. The summed E-state index contributed by atoms with van der Waals surface area (Å²) >= 11 is 9.81. The van der Waals surface area contributed by atoms with Crippen LogP contribution in [0.4, 0.5) is 0 Å². The maximum Gasteiger partial charge on any atom is 0.0465 e. The third kappa shape index (κ3) is 3.72. The molecule has 1 atom stereocenters. The Morgan fingerprint density at radius 2 is 2.06 bits per heavy atom. The van der Waals surface area contributed by atoms with Gasteiger partial charge in [-0.1, -0.05) is 65.7 Å². The maximum atomic E-state index is 6.35. The first kappa shape index (κ1) is 14.4. The fraction of sp³-hybridized carbons (Fsp3) is 0.600. The van der Waals surface area contributed by atoms with E-state index in [0.717, 1.165) is 15.4 Å². The summed E-state index contributed by atoms with van der Waals surface area (Å²) in [7, 11) is 2.03. The Morgan fingerprint density at radius 3 is 2.67 bits per heavy atom. The molecule has 1 fully saturated rings. The summed E-state index contributed by atoms with van der Waals surface area (Å²) in [6, 6.07) is 6.58. The molecule has 0 saturated heterocycles. The van der Waals surface area contributed by atoms with Gasteiger partial charge in [-0.3, -0.25) is 0 Å². The highest BCUT2D eigenvalue weighted by Crippen LogP contribution is 2.34. The van der Waals surface area contributed by atoms with Crippen LogP contribution in [0.5, 0.6) is 0 Å². The zero-order chi connectivity index (χ0) is 13.0. The van der Waals surface area contributed by atoms with Gasteiger partial charge in [0.25, 0.3) is 0 Å². The molecule has 2 rings (SSSR count). The third-order valence-corrected chi connectivity index (χ3v) is 4.80. The van der Waals surface area contributed by atoms with Gasteiger partial charge in [-0.25, -0.2) is 0 Å². The molecule has 1 nitrogen and oxygen atoms in total. The molecule has 0 heterocycles. The molecule has 0 aromatic heterocycles. The summed E-state index contributed by atoms with van der Waals surface area (Å²) in [5, 5.41) is 4.29. The minimum absolute atomic E-state index is 0.383. The molecule has 1 aliphatic rings. The predicted molar refractivity (Wildman–Crippen MR) is 82.1 cm³/mol. The molecule has 0 amide bonds. The predicted octanol–water partition coefficient (Wildman–Crippen LogP) is 5.33. The molecule has 3 heteroatoms. The number of rotatable bonds is 4. The van der Waals surface area contributed by atoms with E-state index in [1.807, 2.05) is 13.1 Å². The summed E-state index contributed by atoms with van der Waals surface area (Å²) in [5.41, 5.74) is 1.23. The van der Waals surface area contributed by atoms with Crippen molar-refractivity contribution in [2.24, 2.45) is 5.92 Å². The van der Waals surface area contributed by atoms with Gasteiger partial charge in [-0.2, -0.15) is 0 Å². The molecule has 100 valence electrons. The Hall–Kier alpha value is -0.0500. The molecule has 1 unspecified atom stereocenters. The molecule has 1 saturated carbocycles. The topological polar surface area (TPSA) is 12.0 Å². The van der Waals surface area contributed by atoms with Gasteiger partial charge in [0, 0.05) is 15.5 Å². The second-order valence-electron chi connectivity index (χ2n) is 5.25. The summed E-state index contributed by atoms with van der Waals surface area (Å²) in [6.07, 6.45) is 8.18. The second-order valence-corrected chi connectivity index (χ2v) is 6.57. The van der Waals surface area contributed by atoms with Crippen molar-refractivity contribution in [2.45, 2.75) is 44.6 Å². The standard InChI is InChI=1S/C15H21BrClN/c1-18-15(9-11-5-3-2-4-6-11)13-8-7-12(16)10-14(13)17/h7-8,10-11,15,18H,2-6,9H2,1H3. The van der Waals surface area contributed by atoms with Crippen molar-refractivity contribution in [1.82, 2.24) is 5.32 Å². The summed E-state index contributed by atoms with van der Waals surface area (Å²) in [4.78, 5) is 0. The first-order valence-electron chi connectivity index (χ1n) is 6.83. The highest BCUT2D eigenvalue weighted by Gasteiger charge is 2.20. The molecule has 0 aliphatic heterocycles. The molecule has 0 spiro atoms. The lowest BCUT2D eigenvalue weighted by Crippen LogP contribution is -2.21. The Morgan fingerprint density at radius 1 is 1.33 bits per heavy atom. The van der Waals surface area contributed by atoms with Gasteiger partial charge in [0.05, 0.1) is 0 Å². The fourth-order valence-corrected chi connectivity index (χ4v) is 3.75. The van der Waals surface area contributed by atoms with Crippen LogP contribution in [0.25, 0.3) is 0 Å². The number of halogens is 2. The van der Waals surface area contributed by atoms with Crippen LogP contribution in [0, 0.1) is 5.92 Å². The van der Waals surface area contributed by atoms with Crippen LogP contribution < -0.4 is 5.32 Å². The van der Waals surface area contributed by atoms with Gasteiger partial charge in [0.15, 0.2) is 0 Å². The van der Waals surface area contributed by atoms with Crippen LogP contribution in [0.3, 0.4) is 0 Å². The van der Waals surface area contributed by atoms with E-state index in [4.69, 9.17) is 11.6 Å². The van der Waals surface area contributed by atoms with Crippen molar-refractivity contribution in [3.05, 3.63) is 33.3 Å². The van der Waals surface area contributed by atoms with Crippen LogP contribution in [0.2, 0.25) is 5.02 Å². The van der Waals surface area contributed by atoms with Crippen LogP contribution in [-0.2, 0) is 0 Å².